The van der Waals surface area contributed by atoms with Crippen LogP contribution in [0.15, 0.2) is 54.6 Å². The van der Waals surface area contributed by atoms with Gasteiger partial charge in [0.25, 0.3) is 0 Å². The van der Waals surface area contributed by atoms with E-state index in [1.54, 1.807) is 0 Å². The molecule has 2 amide bonds. The number of imide groups is 1. The minimum absolute atomic E-state index is 0.136. The quantitative estimate of drug-likeness (QED) is 0.598. The zero-order valence-corrected chi connectivity index (χ0v) is 11.7. The largest absolute Gasteiger partial charge is 0.365 e. The number of nitrogens with zero attached hydrogens (tertiary/aromatic N) is 1. The van der Waals surface area contributed by atoms with Crippen LogP contribution < -0.4 is 4.90 Å². The third-order valence-electron chi connectivity index (χ3n) is 4.92. The fourth-order valence-electron chi connectivity index (χ4n) is 3.94. The van der Waals surface area contributed by atoms with E-state index in [1.807, 2.05) is 54.6 Å². The molecular weight excluding hydrogens is 278 g/mol. The molecule has 3 aliphatic heterocycles. The Balaban J connectivity index is 1.67. The van der Waals surface area contributed by atoms with Crippen molar-refractivity contribution in [2.75, 3.05) is 4.90 Å². The van der Waals surface area contributed by atoms with Crippen LogP contribution in [0, 0.1) is 11.8 Å². The fraction of sp³-hybridized carbons (Fsp3) is 0.222. The SMILES string of the molecule is O=C1[C@@H]2[C@H](C(=O)N1c1cccc3ccccc13)[C@@H]1C=C[C@@H]2O1. The number of hydrogen-bond donors (Lipinski definition) is 0. The minimum Gasteiger partial charge on any atom is -0.365 e. The zero-order chi connectivity index (χ0) is 14.8. The molecule has 3 heterocycles. The van der Waals surface area contributed by atoms with Crippen LogP contribution in [0.25, 0.3) is 10.8 Å². The van der Waals surface area contributed by atoms with Crippen LogP contribution in [0.1, 0.15) is 0 Å². The maximum absolute atomic E-state index is 12.8. The number of carbonyl (C=O) groups is 2. The first-order valence-corrected chi connectivity index (χ1v) is 7.45. The van der Waals surface area contributed by atoms with Gasteiger partial charge in [0, 0.05) is 5.39 Å². The van der Waals surface area contributed by atoms with E-state index in [4.69, 9.17) is 4.74 Å². The first kappa shape index (κ1) is 12.1. The Bertz CT molecular complexity index is 821. The summed E-state index contributed by atoms with van der Waals surface area (Å²) in [5.74, 6) is -0.991. The molecule has 2 aromatic carbocycles. The maximum Gasteiger partial charge on any atom is 0.240 e. The first-order valence-electron chi connectivity index (χ1n) is 7.45. The summed E-state index contributed by atoms with van der Waals surface area (Å²) in [4.78, 5) is 27.0. The molecule has 22 heavy (non-hydrogen) atoms. The highest BCUT2D eigenvalue weighted by atomic mass is 16.5. The molecule has 0 spiro atoms. The highest BCUT2D eigenvalue weighted by Gasteiger charge is 2.61. The van der Waals surface area contributed by atoms with E-state index in [-0.39, 0.29) is 35.9 Å². The van der Waals surface area contributed by atoms with Gasteiger partial charge in [-0.15, -0.1) is 0 Å². The Labute approximate surface area is 127 Å². The van der Waals surface area contributed by atoms with Crippen molar-refractivity contribution in [2.24, 2.45) is 11.8 Å². The van der Waals surface area contributed by atoms with Gasteiger partial charge in [0.1, 0.15) is 0 Å². The van der Waals surface area contributed by atoms with Crippen molar-refractivity contribution in [1.29, 1.82) is 0 Å². The molecular formula is C18H13NO3. The molecule has 4 atom stereocenters. The van der Waals surface area contributed by atoms with Gasteiger partial charge in [0.05, 0.1) is 29.7 Å². The Morgan fingerprint density at radius 3 is 2.18 bits per heavy atom. The second-order valence-electron chi connectivity index (χ2n) is 6.01. The Morgan fingerprint density at radius 1 is 0.818 bits per heavy atom. The Hall–Kier alpha value is -2.46. The number of fused-ring (bicyclic) bond motifs is 6. The van der Waals surface area contributed by atoms with E-state index in [0.717, 1.165) is 10.8 Å². The van der Waals surface area contributed by atoms with E-state index in [2.05, 4.69) is 0 Å². The van der Waals surface area contributed by atoms with Crippen molar-refractivity contribution in [3.63, 3.8) is 0 Å². The molecule has 0 aromatic heterocycles. The number of amides is 2. The second kappa shape index (κ2) is 4.05. The summed E-state index contributed by atoms with van der Waals surface area (Å²) in [5, 5.41) is 1.95. The molecule has 2 aromatic rings. The molecule has 0 unspecified atom stereocenters. The summed E-state index contributed by atoms with van der Waals surface area (Å²) in [6.07, 6.45) is 3.32. The maximum atomic E-state index is 12.8. The molecule has 108 valence electrons. The molecule has 4 nitrogen and oxygen atoms in total. The normalized spacial score (nSPS) is 32.3. The fourth-order valence-corrected chi connectivity index (χ4v) is 3.94. The minimum atomic E-state index is -0.360. The number of hydrogen-bond acceptors (Lipinski definition) is 3. The van der Waals surface area contributed by atoms with Gasteiger partial charge in [-0.25, -0.2) is 4.90 Å². The summed E-state index contributed by atoms with van der Waals surface area (Å²) in [7, 11) is 0. The van der Waals surface area contributed by atoms with Gasteiger partial charge in [-0.3, -0.25) is 9.59 Å². The average Bonchev–Trinajstić information content (AvgIpc) is 3.21. The third-order valence-corrected chi connectivity index (χ3v) is 4.92. The van der Waals surface area contributed by atoms with Gasteiger partial charge < -0.3 is 4.74 Å². The van der Waals surface area contributed by atoms with E-state index in [9.17, 15) is 9.59 Å². The van der Waals surface area contributed by atoms with Crippen LogP contribution in [0.2, 0.25) is 0 Å². The van der Waals surface area contributed by atoms with Gasteiger partial charge in [-0.2, -0.15) is 0 Å². The van der Waals surface area contributed by atoms with Crippen LogP contribution in [0.5, 0.6) is 0 Å². The van der Waals surface area contributed by atoms with Gasteiger partial charge in [0.15, 0.2) is 0 Å². The lowest BCUT2D eigenvalue weighted by molar-refractivity contribution is -0.124. The van der Waals surface area contributed by atoms with Gasteiger partial charge in [-0.1, -0.05) is 48.6 Å². The van der Waals surface area contributed by atoms with Crippen molar-refractivity contribution in [3.05, 3.63) is 54.6 Å². The zero-order valence-electron chi connectivity index (χ0n) is 11.7. The van der Waals surface area contributed by atoms with Crippen molar-refractivity contribution >= 4 is 28.3 Å². The van der Waals surface area contributed by atoms with Crippen molar-refractivity contribution in [1.82, 2.24) is 0 Å². The van der Waals surface area contributed by atoms with Crippen LogP contribution in [0.4, 0.5) is 5.69 Å². The van der Waals surface area contributed by atoms with E-state index >= 15 is 0 Å². The van der Waals surface area contributed by atoms with Crippen molar-refractivity contribution in [3.8, 4) is 0 Å². The van der Waals surface area contributed by atoms with E-state index in [0.29, 0.717) is 5.69 Å². The predicted octanol–water partition coefficient (Wildman–Crippen LogP) is 2.28. The summed E-state index contributed by atoms with van der Waals surface area (Å²) < 4.78 is 5.67. The standard InChI is InChI=1S/C18H13NO3/c20-17-15-13-8-9-14(22-13)16(15)18(21)19(17)12-7-3-5-10-4-1-2-6-11(10)12/h1-9,13-16H/t13-,14-,15-,16+/m0/s1. The number of benzene rings is 2. The van der Waals surface area contributed by atoms with Crippen LogP contribution >= 0.6 is 0 Å². The monoisotopic (exact) mass is 291 g/mol. The molecule has 5 rings (SSSR count). The molecule has 2 saturated heterocycles. The molecule has 4 heteroatoms. The number of rotatable bonds is 1. The van der Waals surface area contributed by atoms with Crippen LogP contribution in [-0.2, 0) is 14.3 Å². The third kappa shape index (κ3) is 1.35. The van der Waals surface area contributed by atoms with Crippen molar-refractivity contribution in [2.45, 2.75) is 12.2 Å². The Kier molecular flexibility index (Phi) is 2.23. The smallest absolute Gasteiger partial charge is 0.240 e. The lowest BCUT2D eigenvalue weighted by Gasteiger charge is -2.19. The van der Waals surface area contributed by atoms with E-state index < -0.39 is 0 Å². The summed E-state index contributed by atoms with van der Waals surface area (Å²) >= 11 is 0. The number of ether oxygens (including phenoxy) is 1. The molecule has 0 saturated carbocycles. The van der Waals surface area contributed by atoms with E-state index in [1.165, 1.54) is 4.90 Å². The molecule has 0 aliphatic carbocycles. The lowest BCUT2D eigenvalue weighted by Crippen LogP contribution is -2.34. The van der Waals surface area contributed by atoms with Crippen LogP contribution in [0.3, 0.4) is 0 Å². The first-order chi connectivity index (χ1) is 10.8. The molecule has 3 aliphatic rings. The highest BCUT2D eigenvalue weighted by molar-refractivity contribution is 6.25. The van der Waals surface area contributed by atoms with Gasteiger partial charge in [0.2, 0.25) is 11.8 Å². The predicted molar refractivity (Wildman–Crippen MR) is 81.2 cm³/mol. The molecule has 0 radical (unpaired) electrons. The second-order valence-corrected chi connectivity index (χ2v) is 6.01. The molecule has 2 bridgehead atoms. The van der Waals surface area contributed by atoms with Gasteiger partial charge in [-0.05, 0) is 11.5 Å². The number of anilines is 1. The summed E-state index contributed by atoms with van der Waals surface area (Å²) in [5.41, 5.74) is 0.682. The summed E-state index contributed by atoms with van der Waals surface area (Å²) in [6.45, 7) is 0. The molecule has 0 N–H and O–H groups in total. The number of carbonyl (C=O) groups excluding carboxylic acids is 2. The Morgan fingerprint density at radius 2 is 1.45 bits per heavy atom. The molecule has 2 fully saturated rings. The van der Waals surface area contributed by atoms with Gasteiger partial charge >= 0.3 is 0 Å². The average molecular weight is 291 g/mol. The summed E-state index contributed by atoms with van der Waals surface area (Å²) in [6, 6.07) is 13.5. The highest BCUT2D eigenvalue weighted by Crippen LogP contribution is 2.47. The van der Waals surface area contributed by atoms with Crippen molar-refractivity contribution < 1.29 is 14.3 Å². The van der Waals surface area contributed by atoms with Crippen LogP contribution in [-0.4, -0.2) is 24.0 Å². The lowest BCUT2D eigenvalue weighted by atomic mass is 9.85. The topological polar surface area (TPSA) is 46.6 Å².